The van der Waals surface area contributed by atoms with Gasteiger partial charge in [0, 0.05) is 0 Å². The fourth-order valence-electron chi connectivity index (χ4n) is 1.33. The Morgan fingerprint density at radius 2 is 2.00 bits per heavy atom. The summed E-state index contributed by atoms with van der Waals surface area (Å²) in [7, 11) is 0. The van der Waals surface area contributed by atoms with Gasteiger partial charge in [0.1, 0.15) is 12.2 Å². The largest absolute Gasteiger partial charge is 0.387 e. The van der Waals surface area contributed by atoms with E-state index < -0.39 is 30.8 Å². The predicted octanol–water partition coefficient (Wildman–Crippen LogP) is -0.221. The minimum absolute atomic E-state index is 0.0311. The Morgan fingerprint density at radius 1 is 1.27 bits per heavy atom. The molecule has 2 rings (SSSR count). The van der Waals surface area contributed by atoms with Crippen LogP contribution in [0.5, 0.6) is 0 Å². The number of hydrogen-bond acceptors (Lipinski definition) is 3. The molecular formula is C6H8F2O3. The van der Waals surface area contributed by atoms with Crippen LogP contribution in [0.1, 0.15) is 0 Å². The summed E-state index contributed by atoms with van der Waals surface area (Å²) in [4.78, 5) is 0. The second kappa shape index (κ2) is 2.36. The fourth-order valence-corrected chi connectivity index (χ4v) is 1.33. The monoisotopic (exact) mass is 166 g/mol. The molecule has 0 aromatic rings. The summed E-state index contributed by atoms with van der Waals surface area (Å²) >= 11 is 0. The van der Waals surface area contributed by atoms with Crippen LogP contribution in [0.3, 0.4) is 0 Å². The highest BCUT2D eigenvalue weighted by Crippen LogP contribution is 2.31. The lowest BCUT2D eigenvalue weighted by molar-refractivity contribution is -0.192. The molecule has 11 heavy (non-hydrogen) atoms. The predicted molar refractivity (Wildman–Crippen MR) is 30.4 cm³/mol. The highest BCUT2D eigenvalue weighted by molar-refractivity contribution is 4.93. The van der Waals surface area contributed by atoms with Crippen LogP contribution in [0.15, 0.2) is 0 Å². The quantitative estimate of drug-likeness (QED) is 0.540. The summed E-state index contributed by atoms with van der Waals surface area (Å²) < 4.78 is 35.1. The second-order valence-electron chi connectivity index (χ2n) is 2.76. The molecule has 2 bridgehead atoms. The lowest BCUT2D eigenvalue weighted by Gasteiger charge is -2.29. The molecular weight excluding hydrogens is 158 g/mol. The molecule has 0 amide bonds. The van der Waals surface area contributed by atoms with Crippen molar-refractivity contribution in [1.82, 2.24) is 0 Å². The van der Waals surface area contributed by atoms with Gasteiger partial charge in [0.05, 0.1) is 6.61 Å². The maximum absolute atomic E-state index is 12.8. The van der Waals surface area contributed by atoms with E-state index >= 15 is 0 Å². The van der Waals surface area contributed by atoms with Gasteiger partial charge < -0.3 is 14.6 Å². The van der Waals surface area contributed by atoms with Gasteiger partial charge in [0.2, 0.25) is 0 Å². The fraction of sp³-hybridized carbons (Fsp3) is 1.00. The number of fused-ring (bicyclic) bond motifs is 2. The van der Waals surface area contributed by atoms with Crippen LogP contribution in [-0.4, -0.2) is 42.6 Å². The molecule has 0 aliphatic carbocycles. The van der Waals surface area contributed by atoms with Crippen molar-refractivity contribution in [1.29, 1.82) is 0 Å². The van der Waals surface area contributed by atoms with Gasteiger partial charge in [-0.3, -0.25) is 0 Å². The Hall–Kier alpha value is -0.260. The van der Waals surface area contributed by atoms with Crippen molar-refractivity contribution in [3.63, 3.8) is 0 Å². The zero-order valence-corrected chi connectivity index (χ0v) is 5.61. The summed E-state index contributed by atoms with van der Waals surface area (Å²) in [6.45, 7) is 0.0311. The van der Waals surface area contributed by atoms with Crippen molar-refractivity contribution in [2.45, 2.75) is 30.8 Å². The van der Waals surface area contributed by atoms with E-state index in [4.69, 9.17) is 14.6 Å². The molecule has 3 nitrogen and oxygen atoms in total. The SMILES string of the molecule is OC1C(F)C2COC(O2)C1F. The average Bonchev–Trinajstić information content (AvgIpc) is 2.44. The third-order valence-corrected chi connectivity index (χ3v) is 2.00. The first kappa shape index (κ1) is 7.39. The van der Waals surface area contributed by atoms with Crippen LogP contribution < -0.4 is 0 Å². The Morgan fingerprint density at radius 3 is 2.73 bits per heavy atom. The Labute approximate surface area is 61.9 Å². The first-order valence-electron chi connectivity index (χ1n) is 3.43. The Balaban J connectivity index is 2.16. The molecule has 2 saturated heterocycles. The average molecular weight is 166 g/mol. The van der Waals surface area contributed by atoms with Crippen LogP contribution in [0.4, 0.5) is 8.78 Å². The summed E-state index contributed by atoms with van der Waals surface area (Å²) in [6.07, 6.45) is -6.88. The Bertz CT molecular complexity index is 146. The van der Waals surface area contributed by atoms with Crippen LogP contribution in [0, 0.1) is 0 Å². The summed E-state index contributed by atoms with van der Waals surface area (Å²) in [5.41, 5.74) is 0. The van der Waals surface area contributed by atoms with Crippen LogP contribution in [0.2, 0.25) is 0 Å². The van der Waals surface area contributed by atoms with Gasteiger partial charge in [-0.25, -0.2) is 8.78 Å². The maximum atomic E-state index is 12.8. The minimum Gasteiger partial charge on any atom is -0.387 e. The molecule has 5 unspecified atom stereocenters. The van der Waals surface area contributed by atoms with E-state index in [2.05, 4.69) is 0 Å². The van der Waals surface area contributed by atoms with Gasteiger partial charge in [-0.15, -0.1) is 0 Å². The molecule has 5 heteroatoms. The molecule has 2 fully saturated rings. The highest BCUT2D eigenvalue weighted by Gasteiger charge is 2.50. The molecule has 2 heterocycles. The lowest BCUT2D eigenvalue weighted by Crippen LogP contribution is -2.49. The van der Waals surface area contributed by atoms with Crippen molar-refractivity contribution in [3.8, 4) is 0 Å². The molecule has 1 N–H and O–H groups in total. The molecule has 0 spiro atoms. The molecule has 0 radical (unpaired) electrons. The van der Waals surface area contributed by atoms with Gasteiger partial charge in [-0.05, 0) is 0 Å². The maximum Gasteiger partial charge on any atom is 0.192 e. The van der Waals surface area contributed by atoms with E-state index in [0.29, 0.717) is 0 Å². The number of rotatable bonds is 0. The van der Waals surface area contributed by atoms with Gasteiger partial charge in [0.25, 0.3) is 0 Å². The van der Waals surface area contributed by atoms with E-state index in [0.717, 1.165) is 0 Å². The molecule has 2 aliphatic rings. The molecule has 64 valence electrons. The van der Waals surface area contributed by atoms with Crippen molar-refractivity contribution < 1.29 is 23.4 Å². The van der Waals surface area contributed by atoms with Gasteiger partial charge in [-0.1, -0.05) is 0 Å². The molecule has 0 aromatic heterocycles. The topological polar surface area (TPSA) is 38.7 Å². The highest BCUT2D eigenvalue weighted by atomic mass is 19.1. The third-order valence-electron chi connectivity index (χ3n) is 2.00. The lowest BCUT2D eigenvalue weighted by atomic mass is 10.0. The first-order valence-corrected chi connectivity index (χ1v) is 3.43. The van der Waals surface area contributed by atoms with Crippen molar-refractivity contribution >= 4 is 0 Å². The van der Waals surface area contributed by atoms with E-state index in [1.165, 1.54) is 0 Å². The first-order chi connectivity index (χ1) is 5.20. The third kappa shape index (κ3) is 0.953. The molecule has 5 atom stereocenters. The Kier molecular flexibility index (Phi) is 1.59. The van der Waals surface area contributed by atoms with E-state index in [1.54, 1.807) is 0 Å². The number of ether oxygens (including phenoxy) is 2. The second-order valence-corrected chi connectivity index (χ2v) is 2.76. The standard InChI is InChI=1S/C6H8F2O3/c7-3-2-1-10-6(11-2)4(8)5(3)9/h2-6,9H,1H2. The van der Waals surface area contributed by atoms with Gasteiger partial charge >= 0.3 is 0 Å². The normalized spacial score (nSPS) is 56.5. The van der Waals surface area contributed by atoms with Crippen molar-refractivity contribution in [3.05, 3.63) is 0 Å². The number of halogens is 2. The van der Waals surface area contributed by atoms with E-state index in [9.17, 15) is 8.78 Å². The van der Waals surface area contributed by atoms with E-state index in [-0.39, 0.29) is 6.61 Å². The number of aliphatic hydroxyl groups is 1. The number of alkyl halides is 2. The smallest absolute Gasteiger partial charge is 0.192 e. The summed E-state index contributed by atoms with van der Waals surface area (Å²) in [5, 5.41) is 8.92. The summed E-state index contributed by atoms with van der Waals surface area (Å²) in [6, 6.07) is 0. The zero-order valence-electron chi connectivity index (χ0n) is 5.61. The van der Waals surface area contributed by atoms with Crippen LogP contribution in [0.25, 0.3) is 0 Å². The van der Waals surface area contributed by atoms with Crippen molar-refractivity contribution in [2.24, 2.45) is 0 Å². The molecule has 0 aromatic carbocycles. The summed E-state index contributed by atoms with van der Waals surface area (Å²) in [5.74, 6) is 0. The minimum atomic E-state index is -1.76. The molecule has 0 saturated carbocycles. The van der Waals surface area contributed by atoms with Crippen LogP contribution in [-0.2, 0) is 9.47 Å². The number of hydrogen-bond donors (Lipinski definition) is 1. The number of aliphatic hydroxyl groups excluding tert-OH is 1. The van der Waals surface area contributed by atoms with Gasteiger partial charge in [-0.2, -0.15) is 0 Å². The molecule has 2 aliphatic heterocycles. The van der Waals surface area contributed by atoms with Gasteiger partial charge in [0.15, 0.2) is 18.6 Å². The zero-order chi connectivity index (χ0) is 8.01. The van der Waals surface area contributed by atoms with E-state index in [1.807, 2.05) is 0 Å². The van der Waals surface area contributed by atoms with Crippen LogP contribution >= 0.6 is 0 Å². The van der Waals surface area contributed by atoms with Crippen molar-refractivity contribution in [2.75, 3.05) is 6.61 Å².